The van der Waals surface area contributed by atoms with Gasteiger partial charge in [-0.2, -0.15) is 0 Å². The third-order valence-corrected chi connectivity index (χ3v) is 3.32. The van der Waals surface area contributed by atoms with Crippen molar-refractivity contribution in [3.63, 3.8) is 0 Å². The van der Waals surface area contributed by atoms with Crippen LogP contribution < -0.4 is 14.8 Å². The maximum atomic E-state index is 12.2. The Morgan fingerprint density at radius 2 is 1.58 bits per heavy atom. The van der Waals surface area contributed by atoms with Crippen molar-refractivity contribution in [2.45, 2.75) is 13.0 Å². The molecule has 1 unspecified atom stereocenters. The number of benzene rings is 2. The number of hydrogen-bond donors (Lipinski definition) is 1. The zero-order valence-corrected chi connectivity index (χ0v) is 13.7. The van der Waals surface area contributed by atoms with E-state index in [1.807, 2.05) is 6.07 Å². The molecule has 1 atom stereocenters. The maximum Gasteiger partial charge on any atom is 0.337 e. The second kappa shape index (κ2) is 8.01. The van der Waals surface area contributed by atoms with Crippen LogP contribution in [0, 0.1) is 0 Å². The molecule has 0 heterocycles. The highest BCUT2D eigenvalue weighted by Gasteiger charge is 2.17. The van der Waals surface area contributed by atoms with E-state index in [0.29, 0.717) is 22.7 Å². The predicted octanol–water partition coefficient (Wildman–Crippen LogP) is 2.89. The Kier molecular flexibility index (Phi) is 5.78. The Labute approximate surface area is 140 Å². The highest BCUT2D eigenvalue weighted by molar-refractivity contribution is 5.95. The maximum absolute atomic E-state index is 12.2. The molecule has 1 amide bonds. The Morgan fingerprint density at radius 1 is 0.958 bits per heavy atom. The molecule has 1 N–H and O–H groups in total. The fourth-order valence-electron chi connectivity index (χ4n) is 2.01. The first-order valence-electron chi connectivity index (χ1n) is 7.34. The number of nitrogens with one attached hydrogen (secondary N) is 1. The first-order valence-corrected chi connectivity index (χ1v) is 7.34. The van der Waals surface area contributed by atoms with Crippen LogP contribution in [0.2, 0.25) is 0 Å². The summed E-state index contributed by atoms with van der Waals surface area (Å²) in [6.45, 7) is 1.64. The van der Waals surface area contributed by atoms with Crippen molar-refractivity contribution in [3.8, 4) is 11.5 Å². The Bertz CT molecular complexity index is 712. The Hall–Kier alpha value is -3.02. The first kappa shape index (κ1) is 17.3. The molecule has 0 aliphatic heterocycles. The normalized spacial score (nSPS) is 11.3. The number of ether oxygens (including phenoxy) is 3. The van der Waals surface area contributed by atoms with E-state index in [2.05, 4.69) is 10.1 Å². The minimum Gasteiger partial charge on any atom is -0.493 e. The lowest BCUT2D eigenvalue weighted by Crippen LogP contribution is -2.30. The van der Waals surface area contributed by atoms with Crippen molar-refractivity contribution < 1.29 is 23.8 Å². The van der Waals surface area contributed by atoms with Crippen LogP contribution in [0.1, 0.15) is 17.3 Å². The molecule has 6 nitrogen and oxygen atoms in total. The number of para-hydroxylation sites is 2. The SMILES string of the molecule is COC(=O)c1ccc(NC(=O)C(C)Oc2ccccc2OC)cc1. The lowest BCUT2D eigenvalue weighted by Gasteiger charge is -2.16. The van der Waals surface area contributed by atoms with Gasteiger partial charge in [-0.1, -0.05) is 12.1 Å². The number of carbonyl (C=O) groups excluding carboxylic acids is 2. The van der Waals surface area contributed by atoms with Gasteiger partial charge < -0.3 is 19.5 Å². The van der Waals surface area contributed by atoms with Gasteiger partial charge in [-0.15, -0.1) is 0 Å². The molecule has 126 valence electrons. The first-order chi connectivity index (χ1) is 11.5. The summed E-state index contributed by atoms with van der Waals surface area (Å²) in [5.74, 6) is 0.302. The average Bonchev–Trinajstić information content (AvgIpc) is 2.62. The van der Waals surface area contributed by atoms with Gasteiger partial charge in [0.05, 0.1) is 19.8 Å². The predicted molar refractivity (Wildman–Crippen MR) is 89.5 cm³/mol. The van der Waals surface area contributed by atoms with E-state index in [1.165, 1.54) is 14.2 Å². The molecule has 0 fully saturated rings. The minimum absolute atomic E-state index is 0.313. The standard InChI is InChI=1S/C18H19NO5/c1-12(24-16-7-5-4-6-15(16)22-2)17(20)19-14-10-8-13(9-11-14)18(21)23-3/h4-12H,1-3H3,(H,19,20). The summed E-state index contributed by atoms with van der Waals surface area (Å²) >= 11 is 0. The summed E-state index contributed by atoms with van der Waals surface area (Å²) in [5.41, 5.74) is 0.969. The number of anilines is 1. The molecule has 2 rings (SSSR count). The number of esters is 1. The van der Waals surface area contributed by atoms with Crippen molar-refractivity contribution >= 4 is 17.6 Å². The molecule has 6 heteroatoms. The van der Waals surface area contributed by atoms with Crippen molar-refractivity contribution in [2.75, 3.05) is 19.5 Å². The summed E-state index contributed by atoms with van der Waals surface area (Å²) in [6, 6.07) is 13.5. The number of amides is 1. The smallest absolute Gasteiger partial charge is 0.337 e. The van der Waals surface area contributed by atoms with Gasteiger partial charge in [0.1, 0.15) is 0 Å². The molecule has 24 heavy (non-hydrogen) atoms. The molecule has 0 aromatic heterocycles. The summed E-state index contributed by atoms with van der Waals surface area (Å²) in [4.78, 5) is 23.6. The van der Waals surface area contributed by atoms with Crippen LogP contribution in [0.4, 0.5) is 5.69 Å². The second-order valence-corrected chi connectivity index (χ2v) is 4.97. The van der Waals surface area contributed by atoms with Crippen LogP contribution in [0.15, 0.2) is 48.5 Å². The van der Waals surface area contributed by atoms with Gasteiger partial charge in [0.25, 0.3) is 5.91 Å². The number of carbonyl (C=O) groups is 2. The van der Waals surface area contributed by atoms with Crippen LogP contribution in [-0.2, 0) is 9.53 Å². The highest BCUT2D eigenvalue weighted by atomic mass is 16.5. The van der Waals surface area contributed by atoms with Crippen LogP contribution in [0.5, 0.6) is 11.5 Å². The molecular weight excluding hydrogens is 310 g/mol. The molecule has 2 aromatic rings. The molecule has 0 radical (unpaired) electrons. The second-order valence-electron chi connectivity index (χ2n) is 4.97. The molecule has 0 aliphatic carbocycles. The zero-order valence-electron chi connectivity index (χ0n) is 13.7. The van der Waals surface area contributed by atoms with E-state index in [1.54, 1.807) is 49.4 Å². The molecule has 0 saturated heterocycles. The molecule has 2 aromatic carbocycles. The van der Waals surface area contributed by atoms with E-state index in [4.69, 9.17) is 9.47 Å². The van der Waals surface area contributed by atoms with Crippen LogP contribution in [0.25, 0.3) is 0 Å². The van der Waals surface area contributed by atoms with E-state index in [9.17, 15) is 9.59 Å². The van der Waals surface area contributed by atoms with E-state index >= 15 is 0 Å². The fourth-order valence-corrected chi connectivity index (χ4v) is 2.01. The number of rotatable bonds is 6. The van der Waals surface area contributed by atoms with Crippen LogP contribution in [0.3, 0.4) is 0 Å². The Balaban J connectivity index is 2.00. The Morgan fingerprint density at radius 3 is 2.17 bits per heavy atom. The third kappa shape index (κ3) is 4.25. The van der Waals surface area contributed by atoms with Gasteiger partial charge in [0, 0.05) is 5.69 Å². The van der Waals surface area contributed by atoms with Gasteiger partial charge in [-0.3, -0.25) is 4.79 Å². The van der Waals surface area contributed by atoms with Crippen LogP contribution in [-0.4, -0.2) is 32.2 Å². The van der Waals surface area contributed by atoms with Crippen LogP contribution >= 0.6 is 0 Å². The van der Waals surface area contributed by atoms with E-state index < -0.39 is 12.1 Å². The monoisotopic (exact) mass is 329 g/mol. The fraction of sp³-hybridized carbons (Fsp3) is 0.222. The minimum atomic E-state index is -0.721. The number of methoxy groups -OCH3 is 2. The molecule has 0 saturated carbocycles. The molecule has 0 bridgehead atoms. The lowest BCUT2D eigenvalue weighted by atomic mass is 10.2. The van der Waals surface area contributed by atoms with Gasteiger partial charge in [0.2, 0.25) is 0 Å². The summed E-state index contributed by atoms with van der Waals surface area (Å²) < 4.78 is 15.5. The zero-order chi connectivity index (χ0) is 17.5. The van der Waals surface area contributed by atoms with Crippen molar-refractivity contribution in [1.29, 1.82) is 0 Å². The van der Waals surface area contributed by atoms with Crippen molar-refractivity contribution in [3.05, 3.63) is 54.1 Å². The van der Waals surface area contributed by atoms with Gasteiger partial charge in [0.15, 0.2) is 17.6 Å². The van der Waals surface area contributed by atoms with Gasteiger partial charge in [-0.05, 0) is 43.3 Å². The summed E-state index contributed by atoms with van der Waals surface area (Å²) in [5, 5.41) is 2.73. The average molecular weight is 329 g/mol. The molecule has 0 aliphatic rings. The largest absolute Gasteiger partial charge is 0.493 e. The van der Waals surface area contributed by atoms with E-state index in [-0.39, 0.29) is 5.91 Å². The van der Waals surface area contributed by atoms with Crippen molar-refractivity contribution in [2.24, 2.45) is 0 Å². The van der Waals surface area contributed by atoms with Gasteiger partial charge >= 0.3 is 5.97 Å². The number of hydrogen-bond acceptors (Lipinski definition) is 5. The summed E-state index contributed by atoms with van der Waals surface area (Å²) in [6.07, 6.45) is -0.721. The van der Waals surface area contributed by atoms with Gasteiger partial charge in [-0.25, -0.2) is 4.79 Å². The van der Waals surface area contributed by atoms with Crippen molar-refractivity contribution in [1.82, 2.24) is 0 Å². The van der Waals surface area contributed by atoms with E-state index in [0.717, 1.165) is 0 Å². The highest BCUT2D eigenvalue weighted by Crippen LogP contribution is 2.27. The topological polar surface area (TPSA) is 73.9 Å². The molecule has 0 spiro atoms. The summed E-state index contributed by atoms with van der Waals surface area (Å²) in [7, 11) is 2.85. The third-order valence-electron chi connectivity index (χ3n) is 3.32. The lowest BCUT2D eigenvalue weighted by molar-refractivity contribution is -0.122. The quantitative estimate of drug-likeness (QED) is 0.825. The molecular formula is C18H19NO5.